The molecule has 0 atom stereocenters. The second kappa shape index (κ2) is 15.9. The van der Waals surface area contributed by atoms with Gasteiger partial charge in [-0.2, -0.15) is 0 Å². The minimum Gasteiger partial charge on any atom is -0.330 e. The van der Waals surface area contributed by atoms with E-state index in [1.54, 1.807) is 0 Å². The van der Waals surface area contributed by atoms with Gasteiger partial charge in [-0.1, -0.05) is 81.3 Å². The summed E-state index contributed by atoms with van der Waals surface area (Å²) in [4.78, 5) is 1.31. The molecule has 146 valence electrons. The van der Waals surface area contributed by atoms with E-state index in [1.165, 1.54) is 16.0 Å². The molecule has 2 N–H and O–H groups in total. The van der Waals surface area contributed by atoms with Crippen LogP contribution in [0.15, 0.2) is 59.5 Å². The van der Waals surface area contributed by atoms with Crippen molar-refractivity contribution in [3.8, 4) is 0 Å². The van der Waals surface area contributed by atoms with Crippen LogP contribution in [0.2, 0.25) is 0 Å². The summed E-state index contributed by atoms with van der Waals surface area (Å²) in [5.41, 5.74) is 8.22. The quantitative estimate of drug-likeness (QED) is 0.574. The zero-order valence-corrected chi connectivity index (χ0v) is 18.4. The third-order valence-electron chi connectivity index (χ3n) is 3.38. The molecule has 0 bridgehead atoms. The Morgan fingerprint density at radius 1 is 0.885 bits per heavy atom. The maximum Gasteiger partial charge on any atom is 0.0230 e. The molecular formula is C23H38N2S. The lowest BCUT2D eigenvalue weighted by atomic mass is 10.2. The van der Waals surface area contributed by atoms with E-state index in [1.807, 2.05) is 44.0 Å². The van der Waals surface area contributed by atoms with E-state index in [2.05, 4.69) is 68.4 Å². The molecule has 0 aliphatic rings. The van der Waals surface area contributed by atoms with Crippen molar-refractivity contribution in [3.63, 3.8) is 0 Å². The molecule has 3 heteroatoms. The van der Waals surface area contributed by atoms with E-state index in [0.29, 0.717) is 5.92 Å². The lowest BCUT2D eigenvalue weighted by Gasteiger charge is -2.22. The Bertz CT molecular complexity index is 538. The molecule has 0 spiro atoms. The van der Waals surface area contributed by atoms with Crippen molar-refractivity contribution < 1.29 is 0 Å². The molecule has 0 unspecified atom stereocenters. The number of nitrogens with two attached hydrogens (primary N) is 1. The van der Waals surface area contributed by atoms with Gasteiger partial charge in [0.25, 0.3) is 0 Å². The van der Waals surface area contributed by atoms with Crippen LogP contribution in [0.4, 0.5) is 0 Å². The van der Waals surface area contributed by atoms with Gasteiger partial charge in [-0.3, -0.25) is 0 Å². The third-order valence-corrected chi connectivity index (χ3v) is 4.45. The lowest BCUT2D eigenvalue weighted by Crippen LogP contribution is -2.23. The summed E-state index contributed by atoms with van der Waals surface area (Å²) in [5.74, 6) is 0.686. The van der Waals surface area contributed by atoms with Crippen LogP contribution in [0.1, 0.15) is 45.2 Å². The molecule has 0 radical (unpaired) electrons. The molecule has 0 aliphatic carbocycles. The number of hydrogen-bond acceptors (Lipinski definition) is 3. The van der Waals surface area contributed by atoms with Crippen LogP contribution in [-0.4, -0.2) is 23.9 Å². The average molecular weight is 375 g/mol. The van der Waals surface area contributed by atoms with Crippen molar-refractivity contribution in [2.24, 2.45) is 11.7 Å². The van der Waals surface area contributed by atoms with E-state index >= 15 is 0 Å². The smallest absolute Gasteiger partial charge is 0.0230 e. The van der Waals surface area contributed by atoms with Gasteiger partial charge < -0.3 is 5.73 Å². The minimum absolute atomic E-state index is 0.686. The SMILES string of the molecule is CC.Cc1ccc(SN(CCCN)CC(C)C)cc1.Cc1ccccc1. The van der Waals surface area contributed by atoms with Crippen molar-refractivity contribution in [1.82, 2.24) is 4.31 Å². The first-order valence-electron chi connectivity index (χ1n) is 9.72. The fourth-order valence-electron chi connectivity index (χ4n) is 2.13. The van der Waals surface area contributed by atoms with Crippen LogP contribution < -0.4 is 5.73 Å². The highest BCUT2D eigenvalue weighted by atomic mass is 32.2. The summed E-state index contributed by atoms with van der Waals surface area (Å²) in [5, 5.41) is 0. The van der Waals surface area contributed by atoms with E-state index in [4.69, 9.17) is 5.73 Å². The molecule has 0 saturated carbocycles. The molecule has 0 amide bonds. The maximum absolute atomic E-state index is 5.58. The van der Waals surface area contributed by atoms with Gasteiger partial charge in [0.1, 0.15) is 0 Å². The molecule has 2 nitrogen and oxygen atoms in total. The van der Waals surface area contributed by atoms with Gasteiger partial charge in [-0.15, -0.1) is 0 Å². The van der Waals surface area contributed by atoms with Crippen LogP contribution >= 0.6 is 11.9 Å². The van der Waals surface area contributed by atoms with Crippen LogP contribution in [0.5, 0.6) is 0 Å². The second-order valence-corrected chi connectivity index (χ2v) is 7.65. The first-order chi connectivity index (χ1) is 12.5. The Balaban J connectivity index is 0.000000575. The molecule has 0 fully saturated rings. The van der Waals surface area contributed by atoms with Crippen molar-refractivity contribution in [1.29, 1.82) is 0 Å². The fourth-order valence-corrected chi connectivity index (χ4v) is 3.28. The van der Waals surface area contributed by atoms with Crippen molar-refractivity contribution >= 4 is 11.9 Å². The van der Waals surface area contributed by atoms with Crippen molar-refractivity contribution in [2.75, 3.05) is 19.6 Å². The van der Waals surface area contributed by atoms with Gasteiger partial charge in [-0.25, -0.2) is 4.31 Å². The predicted molar refractivity (Wildman–Crippen MR) is 120 cm³/mol. The molecule has 0 heterocycles. The Morgan fingerprint density at radius 2 is 1.42 bits per heavy atom. The van der Waals surface area contributed by atoms with E-state index < -0.39 is 0 Å². The Hall–Kier alpha value is -1.29. The molecule has 0 aliphatic heterocycles. The normalized spacial score (nSPS) is 10.0. The number of hydrogen-bond donors (Lipinski definition) is 1. The first kappa shape index (κ1) is 24.7. The molecule has 2 aromatic rings. The maximum atomic E-state index is 5.58. The molecule has 0 saturated heterocycles. The van der Waals surface area contributed by atoms with E-state index in [-0.39, 0.29) is 0 Å². The third kappa shape index (κ3) is 13.0. The Labute approximate surface area is 166 Å². The number of benzene rings is 2. The Kier molecular flexibility index (Phi) is 15.1. The molecule has 2 aromatic carbocycles. The average Bonchev–Trinajstić information content (AvgIpc) is 2.64. The monoisotopic (exact) mass is 374 g/mol. The number of rotatable bonds is 7. The van der Waals surface area contributed by atoms with Crippen LogP contribution in [0.3, 0.4) is 0 Å². The lowest BCUT2D eigenvalue weighted by molar-refractivity contribution is 0.402. The fraction of sp³-hybridized carbons (Fsp3) is 0.478. The summed E-state index contributed by atoms with van der Waals surface area (Å²) < 4.78 is 2.42. The summed E-state index contributed by atoms with van der Waals surface area (Å²) in [6.07, 6.45) is 1.06. The van der Waals surface area contributed by atoms with Crippen LogP contribution in [0, 0.1) is 19.8 Å². The van der Waals surface area contributed by atoms with Crippen LogP contribution in [-0.2, 0) is 0 Å². The van der Waals surface area contributed by atoms with Gasteiger partial charge in [0.05, 0.1) is 0 Å². The van der Waals surface area contributed by atoms with E-state index in [9.17, 15) is 0 Å². The summed E-state index contributed by atoms with van der Waals surface area (Å²) >= 11 is 1.84. The highest BCUT2D eigenvalue weighted by Gasteiger charge is 2.08. The molecule has 0 aromatic heterocycles. The van der Waals surface area contributed by atoms with E-state index in [0.717, 1.165) is 26.1 Å². The van der Waals surface area contributed by atoms with Gasteiger partial charge in [0.2, 0.25) is 0 Å². The largest absolute Gasteiger partial charge is 0.330 e. The highest BCUT2D eigenvalue weighted by Crippen LogP contribution is 2.24. The standard InChI is InChI=1S/C14H24N2S.C7H8.C2H6/c1-12(2)11-16(10-4-9-15)17-14-7-5-13(3)6-8-14;1-7-5-3-2-4-6-7;1-2/h5-8,12H,4,9-11,15H2,1-3H3;2-6H,1H3;1-2H3. The van der Waals surface area contributed by atoms with Gasteiger partial charge in [-0.05, 0) is 56.8 Å². The second-order valence-electron chi connectivity index (χ2n) is 6.48. The molecule has 26 heavy (non-hydrogen) atoms. The van der Waals surface area contributed by atoms with Crippen molar-refractivity contribution in [3.05, 3.63) is 65.7 Å². The number of nitrogens with zero attached hydrogens (tertiary/aromatic N) is 1. The van der Waals surface area contributed by atoms with Gasteiger partial charge in [0.15, 0.2) is 0 Å². The zero-order chi connectivity index (χ0) is 19.8. The van der Waals surface area contributed by atoms with Gasteiger partial charge in [0, 0.05) is 18.0 Å². The van der Waals surface area contributed by atoms with Gasteiger partial charge >= 0.3 is 0 Å². The van der Waals surface area contributed by atoms with Crippen molar-refractivity contribution in [2.45, 2.75) is 52.9 Å². The topological polar surface area (TPSA) is 29.3 Å². The number of aryl methyl sites for hydroxylation is 2. The summed E-state index contributed by atoms with van der Waals surface area (Å²) in [6.45, 7) is 15.7. The van der Waals surface area contributed by atoms with Crippen LogP contribution in [0.25, 0.3) is 0 Å². The minimum atomic E-state index is 0.686. The summed E-state index contributed by atoms with van der Waals surface area (Å²) in [7, 11) is 0. The molecule has 2 rings (SSSR count). The Morgan fingerprint density at radius 3 is 1.85 bits per heavy atom. The highest BCUT2D eigenvalue weighted by molar-refractivity contribution is 7.97. The zero-order valence-electron chi connectivity index (χ0n) is 17.5. The predicted octanol–water partition coefficient (Wildman–Crippen LogP) is 6.33. The molecular weight excluding hydrogens is 336 g/mol. The first-order valence-corrected chi connectivity index (χ1v) is 10.5. The summed E-state index contributed by atoms with van der Waals surface area (Å²) in [6, 6.07) is 19.0.